The Morgan fingerprint density at radius 2 is 1.43 bits per heavy atom. The third-order valence-electron chi connectivity index (χ3n) is 11.9. The summed E-state index contributed by atoms with van der Waals surface area (Å²) >= 11 is 0. The molecular weight excluding hydrogens is 741 g/mol. The second-order valence-electron chi connectivity index (χ2n) is 15.4. The van der Waals surface area contributed by atoms with Gasteiger partial charge in [-0.1, -0.05) is 37.5 Å². The van der Waals surface area contributed by atoms with Crippen LogP contribution in [-0.4, -0.2) is 109 Å². The number of carbonyl (C=O) groups is 2. The Hall–Kier alpha value is -4.68. The Labute approximate surface area is 343 Å². The third-order valence-corrected chi connectivity index (χ3v) is 11.9. The molecular formula is C46H62N2O10. The number of amides is 1. The van der Waals surface area contributed by atoms with Crippen LogP contribution in [-0.2, 0) is 25.5 Å². The number of hydrogen-bond donors (Lipinski definition) is 0. The van der Waals surface area contributed by atoms with Gasteiger partial charge in [-0.05, 0) is 104 Å². The van der Waals surface area contributed by atoms with Crippen LogP contribution in [0.1, 0.15) is 86.5 Å². The SMILES string of the molecule is COc1ccc(CC[C@@H](OC(=O)[C@@H]2CCCCN2C(=O)C(c2cc(OC)c(OC)c(OC)c2)C2CCCCC2)c2cccc(OCCN3CCOCC3)c2)cc1OC. The zero-order chi connectivity index (χ0) is 40.9. The molecule has 58 heavy (non-hydrogen) atoms. The molecule has 1 amide bonds. The highest BCUT2D eigenvalue weighted by Gasteiger charge is 2.41. The Morgan fingerprint density at radius 3 is 2.12 bits per heavy atom. The summed E-state index contributed by atoms with van der Waals surface area (Å²) in [7, 11) is 7.98. The molecule has 1 unspecified atom stereocenters. The molecule has 1 aliphatic carbocycles. The molecule has 0 radical (unpaired) electrons. The van der Waals surface area contributed by atoms with Gasteiger partial charge < -0.3 is 42.8 Å². The van der Waals surface area contributed by atoms with E-state index >= 15 is 4.79 Å². The molecule has 3 aliphatic rings. The van der Waals surface area contributed by atoms with Crippen molar-refractivity contribution in [1.82, 2.24) is 9.80 Å². The number of rotatable bonds is 18. The quantitative estimate of drug-likeness (QED) is 0.120. The molecule has 2 saturated heterocycles. The first-order valence-corrected chi connectivity index (χ1v) is 20.9. The van der Waals surface area contributed by atoms with Crippen LogP contribution in [0.5, 0.6) is 34.5 Å². The highest BCUT2D eigenvalue weighted by atomic mass is 16.5. The Balaban J connectivity index is 1.26. The van der Waals surface area contributed by atoms with Crippen molar-refractivity contribution in [2.75, 3.05) is 81.5 Å². The number of benzene rings is 3. The number of morpholine rings is 1. The van der Waals surface area contributed by atoms with Gasteiger partial charge in [0, 0.05) is 26.2 Å². The van der Waals surface area contributed by atoms with Crippen molar-refractivity contribution in [2.45, 2.75) is 82.3 Å². The number of likely N-dealkylation sites (tertiary alicyclic amines) is 1. The van der Waals surface area contributed by atoms with E-state index in [1.54, 1.807) is 40.4 Å². The lowest BCUT2D eigenvalue weighted by Gasteiger charge is -2.40. The maximum absolute atomic E-state index is 15.1. The molecule has 3 fully saturated rings. The maximum atomic E-state index is 15.1. The van der Waals surface area contributed by atoms with Crippen molar-refractivity contribution in [3.05, 3.63) is 71.3 Å². The van der Waals surface area contributed by atoms with E-state index in [1.807, 2.05) is 54.6 Å². The van der Waals surface area contributed by atoms with Gasteiger partial charge in [-0.2, -0.15) is 0 Å². The molecule has 12 heteroatoms. The fourth-order valence-electron chi connectivity index (χ4n) is 8.75. The number of piperidine rings is 1. The number of esters is 1. The van der Waals surface area contributed by atoms with Gasteiger partial charge in [0.2, 0.25) is 11.7 Å². The zero-order valence-electron chi connectivity index (χ0n) is 35.0. The predicted molar refractivity (Wildman–Crippen MR) is 221 cm³/mol. The fraction of sp³-hybridized carbons (Fsp3) is 0.565. The summed E-state index contributed by atoms with van der Waals surface area (Å²) in [5.41, 5.74) is 2.66. The first-order valence-electron chi connectivity index (χ1n) is 20.9. The molecule has 2 aliphatic heterocycles. The van der Waals surface area contributed by atoms with E-state index in [0.717, 1.165) is 94.5 Å². The van der Waals surface area contributed by atoms with Crippen LogP contribution in [0.2, 0.25) is 0 Å². The van der Waals surface area contributed by atoms with E-state index < -0.39 is 24.0 Å². The number of ether oxygens (including phenoxy) is 8. The minimum Gasteiger partial charge on any atom is -0.493 e. The number of methoxy groups -OCH3 is 5. The molecule has 3 aromatic carbocycles. The molecule has 3 atom stereocenters. The van der Waals surface area contributed by atoms with E-state index in [4.69, 9.17) is 37.9 Å². The normalized spacial score (nSPS) is 18.8. The van der Waals surface area contributed by atoms with E-state index in [2.05, 4.69) is 4.90 Å². The molecule has 0 N–H and O–H groups in total. The molecule has 0 spiro atoms. The van der Waals surface area contributed by atoms with Crippen molar-refractivity contribution in [2.24, 2.45) is 5.92 Å². The highest BCUT2D eigenvalue weighted by molar-refractivity contribution is 5.89. The summed E-state index contributed by atoms with van der Waals surface area (Å²) in [4.78, 5) is 33.8. The van der Waals surface area contributed by atoms with E-state index in [0.29, 0.717) is 66.9 Å². The number of hydrogen-bond acceptors (Lipinski definition) is 11. The van der Waals surface area contributed by atoms with Crippen molar-refractivity contribution in [1.29, 1.82) is 0 Å². The van der Waals surface area contributed by atoms with Crippen LogP contribution in [0.4, 0.5) is 0 Å². The average Bonchev–Trinajstić information content (AvgIpc) is 3.28. The molecule has 6 rings (SSSR count). The van der Waals surface area contributed by atoms with Gasteiger partial charge in [-0.15, -0.1) is 0 Å². The van der Waals surface area contributed by atoms with Gasteiger partial charge in [-0.3, -0.25) is 9.69 Å². The zero-order valence-corrected chi connectivity index (χ0v) is 35.0. The minimum atomic E-state index is -0.717. The lowest BCUT2D eigenvalue weighted by atomic mass is 9.75. The minimum absolute atomic E-state index is 0.0552. The molecule has 0 aromatic heterocycles. The first-order chi connectivity index (χ1) is 28.4. The Kier molecular flexibility index (Phi) is 15.8. The van der Waals surface area contributed by atoms with E-state index in [9.17, 15) is 4.79 Å². The standard InChI is InChI=1S/C46H62N2O10/c1-51-39-20-18-32(28-40(39)52-2)17-19-38(34-14-11-15-36(29-34)57-27-24-47-22-25-56-26-23-47)58-46(50)37-16-9-10-21-48(37)45(49)43(33-12-7-6-8-13-33)35-30-41(53-3)44(55-5)42(31-35)54-4/h11,14-15,18,20,28-31,33,37-38,43H,6-10,12-13,16-17,19,21-27H2,1-5H3/t37-,38+,43?/m0/s1. The van der Waals surface area contributed by atoms with Gasteiger partial charge >= 0.3 is 5.97 Å². The summed E-state index contributed by atoms with van der Waals surface area (Å²) in [6, 6.07) is 16.8. The second kappa shape index (κ2) is 21.4. The summed E-state index contributed by atoms with van der Waals surface area (Å²) < 4.78 is 46.4. The number of aryl methyl sites for hydroxylation is 1. The summed E-state index contributed by atoms with van der Waals surface area (Å²) in [6.45, 7) is 5.07. The number of nitrogens with zero attached hydrogens (tertiary/aromatic N) is 2. The van der Waals surface area contributed by atoms with Crippen molar-refractivity contribution < 1.29 is 47.5 Å². The van der Waals surface area contributed by atoms with Gasteiger partial charge in [0.15, 0.2) is 23.0 Å². The van der Waals surface area contributed by atoms with E-state index in [-0.39, 0.29) is 11.8 Å². The molecule has 2 heterocycles. The summed E-state index contributed by atoms with van der Waals surface area (Å²) in [5, 5.41) is 0. The summed E-state index contributed by atoms with van der Waals surface area (Å²) in [6.07, 6.45) is 7.82. The maximum Gasteiger partial charge on any atom is 0.329 e. The van der Waals surface area contributed by atoms with E-state index in [1.165, 1.54) is 0 Å². The van der Waals surface area contributed by atoms with Gasteiger partial charge in [0.25, 0.3) is 0 Å². The number of carbonyl (C=O) groups excluding carboxylic acids is 2. The monoisotopic (exact) mass is 802 g/mol. The van der Waals surface area contributed by atoms with Gasteiger partial charge in [-0.25, -0.2) is 4.79 Å². The smallest absolute Gasteiger partial charge is 0.329 e. The highest BCUT2D eigenvalue weighted by Crippen LogP contribution is 2.45. The van der Waals surface area contributed by atoms with Crippen molar-refractivity contribution in [3.63, 3.8) is 0 Å². The van der Waals surface area contributed by atoms with Crippen LogP contribution in [0.25, 0.3) is 0 Å². The molecule has 12 nitrogen and oxygen atoms in total. The summed E-state index contributed by atoms with van der Waals surface area (Å²) in [5.74, 6) is 2.68. The predicted octanol–water partition coefficient (Wildman–Crippen LogP) is 7.40. The molecule has 316 valence electrons. The van der Waals surface area contributed by atoms with Crippen molar-refractivity contribution in [3.8, 4) is 34.5 Å². The molecule has 0 bridgehead atoms. The van der Waals surface area contributed by atoms with Crippen LogP contribution < -0.4 is 28.4 Å². The lowest BCUT2D eigenvalue weighted by molar-refractivity contribution is -0.163. The Morgan fingerprint density at radius 1 is 0.724 bits per heavy atom. The molecule has 1 saturated carbocycles. The largest absolute Gasteiger partial charge is 0.493 e. The van der Waals surface area contributed by atoms with Gasteiger partial charge in [0.05, 0.1) is 54.7 Å². The van der Waals surface area contributed by atoms with Crippen LogP contribution >= 0.6 is 0 Å². The average molecular weight is 803 g/mol. The van der Waals surface area contributed by atoms with Crippen molar-refractivity contribution >= 4 is 11.9 Å². The van der Waals surface area contributed by atoms with Gasteiger partial charge in [0.1, 0.15) is 24.5 Å². The van der Waals surface area contributed by atoms with Crippen LogP contribution in [0.15, 0.2) is 54.6 Å². The fourth-order valence-corrected chi connectivity index (χ4v) is 8.75. The first kappa shape index (κ1) is 42.9. The van der Waals surface area contributed by atoms with Crippen LogP contribution in [0, 0.1) is 5.92 Å². The second-order valence-corrected chi connectivity index (χ2v) is 15.4. The lowest BCUT2D eigenvalue weighted by Crippen LogP contribution is -2.51. The topological polar surface area (TPSA) is 114 Å². The molecule has 3 aromatic rings. The Bertz CT molecular complexity index is 1760. The third kappa shape index (κ3) is 10.7. The van der Waals surface area contributed by atoms with Crippen LogP contribution in [0.3, 0.4) is 0 Å².